The molecule has 0 saturated carbocycles. The summed E-state index contributed by atoms with van der Waals surface area (Å²) < 4.78 is 11.4. The lowest BCUT2D eigenvalue weighted by atomic mass is 10.1. The SMILES string of the molecule is CCc1ccc(/C=C2/Oc3cc(OCC(=O)c4ccc(Cl)cc4)ccc3C2=O)cc1. The number of ketones is 2. The van der Waals surface area contributed by atoms with Gasteiger partial charge in [-0.2, -0.15) is 0 Å². The van der Waals surface area contributed by atoms with Crippen molar-refractivity contribution in [3.63, 3.8) is 0 Å². The minimum atomic E-state index is -0.173. The molecule has 3 aromatic rings. The first-order valence-electron chi connectivity index (χ1n) is 9.62. The second kappa shape index (κ2) is 8.56. The van der Waals surface area contributed by atoms with E-state index in [0.29, 0.717) is 27.6 Å². The second-order valence-electron chi connectivity index (χ2n) is 6.91. The molecule has 4 rings (SSSR count). The van der Waals surface area contributed by atoms with E-state index in [-0.39, 0.29) is 23.9 Å². The molecule has 0 fully saturated rings. The van der Waals surface area contributed by atoms with Gasteiger partial charge in [0.15, 0.2) is 18.1 Å². The van der Waals surface area contributed by atoms with E-state index in [4.69, 9.17) is 21.1 Å². The topological polar surface area (TPSA) is 52.6 Å². The molecule has 1 aliphatic heterocycles. The summed E-state index contributed by atoms with van der Waals surface area (Å²) in [4.78, 5) is 24.9. The number of carbonyl (C=O) groups excluding carboxylic acids is 2. The molecule has 1 heterocycles. The lowest BCUT2D eigenvalue weighted by Crippen LogP contribution is -2.11. The van der Waals surface area contributed by atoms with Gasteiger partial charge in [-0.05, 0) is 60.0 Å². The maximum absolute atomic E-state index is 12.6. The zero-order valence-electron chi connectivity index (χ0n) is 16.4. The molecule has 0 amide bonds. The van der Waals surface area contributed by atoms with Crippen molar-refractivity contribution in [2.24, 2.45) is 0 Å². The molecular weight excluding hydrogens is 400 g/mol. The molecule has 0 spiro atoms. The lowest BCUT2D eigenvalue weighted by molar-refractivity contribution is 0.0921. The molecule has 0 unspecified atom stereocenters. The molecule has 150 valence electrons. The summed E-state index contributed by atoms with van der Waals surface area (Å²) in [5.41, 5.74) is 3.12. The molecule has 0 bridgehead atoms. The molecule has 4 nitrogen and oxygen atoms in total. The molecular formula is C25H19ClO4. The normalized spacial score (nSPS) is 13.8. The standard InChI is InChI=1S/C25H19ClO4/c1-2-16-3-5-17(6-4-16)13-24-25(28)21-12-11-20(14-23(21)30-24)29-15-22(27)18-7-9-19(26)10-8-18/h3-14H,2,15H2,1H3/b24-13+. The zero-order chi connectivity index (χ0) is 21.1. The fraction of sp³-hybridized carbons (Fsp3) is 0.120. The van der Waals surface area contributed by atoms with Crippen LogP contribution in [-0.2, 0) is 6.42 Å². The van der Waals surface area contributed by atoms with Gasteiger partial charge >= 0.3 is 0 Å². The van der Waals surface area contributed by atoms with Crippen LogP contribution in [-0.4, -0.2) is 18.2 Å². The predicted octanol–water partition coefficient (Wildman–Crippen LogP) is 5.78. The van der Waals surface area contributed by atoms with Crippen LogP contribution in [0.25, 0.3) is 6.08 Å². The Morgan fingerprint density at radius 3 is 2.47 bits per heavy atom. The third kappa shape index (κ3) is 4.29. The van der Waals surface area contributed by atoms with Crippen LogP contribution in [0.2, 0.25) is 5.02 Å². The molecule has 0 radical (unpaired) electrons. The molecule has 5 heteroatoms. The van der Waals surface area contributed by atoms with Gasteiger partial charge in [0.25, 0.3) is 0 Å². The molecule has 0 aliphatic carbocycles. The molecule has 1 aliphatic rings. The fourth-order valence-corrected chi connectivity index (χ4v) is 3.25. The summed E-state index contributed by atoms with van der Waals surface area (Å²) in [6, 6.07) is 19.6. The smallest absolute Gasteiger partial charge is 0.231 e. The average molecular weight is 419 g/mol. The molecule has 0 aromatic heterocycles. The van der Waals surface area contributed by atoms with Crippen molar-refractivity contribution in [1.82, 2.24) is 0 Å². The number of Topliss-reactive ketones (excluding diaryl/α,β-unsaturated/α-hetero) is 2. The minimum Gasteiger partial charge on any atom is -0.485 e. The summed E-state index contributed by atoms with van der Waals surface area (Å²) in [7, 11) is 0. The molecule has 3 aromatic carbocycles. The van der Waals surface area contributed by atoms with Crippen LogP contribution in [0.4, 0.5) is 0 Å². The van der Waals surface area contributed by atoms with Crippen molar-refractivity contribution in [1.29, 1.82) is 0 Å². The Labute approximate surface area is 179 Å². The third-order valence-electron chi connectivity index (χ3n) is 4.86. The van der Waals surface area contributed by atoms with E-state index in [1.54, 1.807) is 48.5 Å². The monoisotopic (exact) mass is 418 g/mol. The zero-order valence-corrected chi connectivity index (χ0v) is 17.1. The van der Waals surface area contributed by atoms with Crippen LogP contribution < -0.4 is 9.47 Å². The van der Waals surface area contributed by atoms with E-state index in [0.717, 1.165) is 12.0 Å². The number of hydrogen-bond donors (Lipinski definition) is 0. The van der Waals surface area contributed by atoms with Crippen molar-refractivity contribution in [3.05, 3.63) is 99.8 Å². The maximum atomic E-state index is 12.6. The van der Waals surface area contributed by atoms with Gasteiger partial charge in [-0.1, -0.05) is 42.8 Å². The van der Waals surface area contributed by atoms with Gasteiger partial charge in [-0.25, -0.2) is 0 Å². The van der Waals surface area contributed by atoms with Crippen LogP contribution in [0.15, 0.2) is 72.5 Å². The second-order valence-corrected chi connectivity index (χ2v) is 7.35. The Balaban J connectivity index is 1.45. The van der Waals surface area contributed by atoms with Crippen LogP contribution in [0.5, 0.6) is 11.5 Å². The van der Waals surface area contributed by atoms with Crippen molar-refractivity contribution in [3.8, 4) is 11.5 Å². The van der Waals surface area contributed by atoms with E-state index < -0.39 is 0 Å². The minimum absolute atomic E-state index is 0.124. The Morgan fingerprint density at radius 2 is 1.77 bits per heavy atom. The fourth-order valence-electron chi connectivity index (χ4n) is 3.13. The van der Waals surface area contributed by atoms with Crippen molar-refractivity contribution in [2.45, 2.75) is 13.3 Å². The largest absolute Gasteiger partial charge is 0.485 e. The first kappa shape index (κ1) is 19.9. The van der Waals surface area contributed by atoms with Gasteiger partial charge < -0.3 is 9.47 Å². The Bertz CT molecular complexity index is 1130. The van der Waals surface area contributed by atoms with Crippen LogP contribution >= 0.6 is 11.6 Å². The number of hydrogen-bond acceptors (Lipinski definition) is 4. The Kier molecular flexibility index (Phi) is 5.68. The summed E-state index contributed by atoms with van der Waals surface area (Å²) >= 11 is 5.84. The van der Waals surface area contributed by atoms with Crippen LogP contribution in [0.3, 0.4) is 0 Å². The summed E-state index contributed by atoms with van der Waals surface area (Å²) in [5, 5.41) is 0.568. The van der Waals surface area contributed by atoms with Crippen LogP contribution in [0.1, 0.15) is 38.8 Å². The van der Waals surface area contributed by atoms with Gasteiger partial charge in [0.05, 0.1) is 5.56 Å². The summed E-state index contributed by atoms with van der Waals surface area (Å²) in [5.74, 6) is 0.808. The molecule has 0 saturated heterocycles. The highest BCUT2D eigenvalue weighted by molar-refractivity contribution is 6.30. The van der Waals surface area contributed by atoms with Crippen molar-refractivity contribution in [2.75, 3.05) is 6.61 Å². The van der Waals surface area contributed by atoms with E-state index in [1.165, 1.54) is 5.56 Å². The van der Waals surface area contributed by atoms with E-state index in [9.17, 15) is 9.59 Å². The van der Waals surface area contributed by atoms with Crippen molar-refractivity contribution >= 4 is 29.2 Å². The summed E-state index contributed by atoms with van der Waals surface area (Å²) in [6.45, 7) is 1.97. The molecule has 30 heavy (non-hydrogen) atoms. The van der Waals surface area contributed by atoms with Gasteiger partial charge in [-0.3, -0.25) is 9.59 Å². The summed E-state index contributed by atoms with van der Waals surface area (Å²) in [6.07, 6.45) is 2.69. The first-order valence-corrected chi connectivity index (χ1v) is 10.00. The van der Waals surface area contributed by atoms with Gasteiger partial charge in [0.1, 0.15) is 11.5 Å². The highest BCUT2D eigenvalue weighted by Crippen LogP contribution is 2.35. The maximum Gasteiger partial charge on any atom is 0.231 e. The number of fused-ring (bicyclic) bond motifs is 1. The number of benzene rings is 3. The van der Waals surface area contributed by atoms with E-state index in [2.05, 4.69) is 6.92 Å². The number of halogens is 1. The third-order valence-corrected chi connectivity index (χ3v) is 5.12. The Hall–Kier alpha value is -3.37. The highest BCUT2D eigenvalue weighted by atomic mass is 35.5. The molecule has 0 atom stereocenters. The van der Waals surface area contributed by atoms with Crippen LogP contribution in [0, 0.1) is 0 Å². The van der Waals surface area contributed by atoms with Gasteiger partial charge in [0.2, 0.25) is 5.78 Å². The van der Waals surface area contributed by atoms with E-state index >= 15 is 0 Å². The number of ether oxygens (including phenoxy) is 2. The lowest BCUT2D eigenvalue weighted by Gasteiger charge is -2.07. The van der Waals surface area contributed by atoms with E-state index in [1.807, 2.05) is 24.3 Å². The number of rotatable bonds is 6. The molecule has 0 N–H and O–H groups in total. The van der Waals surface area contributed by atoms with Gasteiger partial charge in [-0.15, -0.1) is 0 Å². The van der Waals surface area contributed by atoms with Gasteiger partial charge in [0, 0.05) is 16.7 Å². The van der Waals surface area contributed by atoms with Crippen molar-refractivity contribution < 1.29 is 19.1 Å². The Morgan fingerprint density at radius 1 is 1.03 bits per heavy atom. The quantitative estimate of drug-likeness (QED) is 0.376. The number of carbonyl (C=O) groups is 2. The predicted molar refractivity (Wildman–Crippen MR) is 116 cm³/mol. The number of aryl methyl sites for hydroxylation is 1. The average Bonchev–Trinajstić information content (AvgIpc) is 3.07. The highest BCUT2D eigenvalue weighted by Gasteiger charge is 2.27. The number of allylic oxidation sites excluding steroid dienone is 1. The first-order chi connectivity index (χ1) is 14.5.